The van der Waals surface area contributed by atoms with Gasteiger partial charge in [0.1, 0.15) is 5.82 Å². The maximum Gasteiger partial charge on any atom is 0.309 e. The summed E-state index contributed by atoms with van der Waals surface area (Å²) in [6.07, 6.45) is 3.95. The van der Waals surface area contributed by atoms with E-state index in [1.807, 2.05) is 32.8 Å². The molecule has 0 saturated heterocycles. The third-order valence-electron chi connectivity index (χ3n) is 2.78. The summed E-state index contributed by atoms with van der Waals surface area (Å²) in [6, 6.07) is 0.0350. The molecule has 1 aromatic rings. The lowest BCUT2D eigenvalue weighted by Gasteiger charge is -2.23. The van der Waals surface area contributed by atoms with E-state index in [4.69, 9.17) is 0 Å². The minimum atomic E-state index is -2.53. The first-order valence-corrected chi connectivity index (χ1v) is 6.85. The van der Waals surface area contributed by atoms with E-state index in [1.165, 1.54) is 3.97 Å². The van der Waals surface area contributed by atoms with Gasteiger partial charge in [-0.3, -0.25) is 0 Å². The van der Waals surface area contributed by atoms with E-state index in [9.17, 15) is 8.09 Å². The molecule has 1 rings (SSSR count). The molecule has 0 aliphatic carbocycles. The molecule has 98 valence electrons. The Bertz CT molecular complexity index is 392. The van der Waals surface area contributed by atoms with E-state index in [2.05, 4.69) is 4.98 Å². The number of aromatic nitrogens is 2. The molecule has 1 aromatic heterocycles. The normalized spacial score (nSPS) is 15.2. The lowest BCUT2D eigenvalue weighted by molar-refractivity contribution is 0.284. The minimum absolute atomic E-state index is 0.0350. The molecule has 0 saturated carbocycles. The minimum Gasteiger partial charge on any atom is -0.301 e. The van der Waals surface area contributed by atoms with Crippen molar-refractivity contribution in [2.75, 3.05) is 14.1 Å². The summed E-state index contributed by atoms with van der Waals surface area (Å²) >= 11 is -2.53. The maximum absolute atomic E-state index is 13.2. The molecule has 0 amide bonds. The Balaban J connectivity index is 3.19. The highest BCUT2D eigenvalue weighted by Gasteiger charge is 2.22. The van der Waals surface area contributed by atoms with Crippen LogP contribution in [0.4, 0.5) is 3.89 Å². The summed E-state index contributed by atoms with van der Waals surface area (Å²) in [6.45, 7) is 4.01. The lowest BCUT2D eigenvalue weighted by Crippen LogP contribution is -2.23. The predicted octanol–water partition coefficient (Wildman–Crippen LogP) is 2.24. The summed E-state index contributed by atoms with van der Waals surface area (Å²) in [7, 11) is 3.85. The van der Waals surface area contributed by atoms with E-state index in [0.717, 1.165) is 12.8 Å². The molecule has 2 atom stereocenters. The van der Waals surface area contributed by atoms with Gasteiger partial charge in [-0.2, -0.15) is 4.21 Å². The van der Waals surface area contributed by atoms with Crippen LogP contribution in [0.2, 0.25) is 0 Å². The number of rotatable bonds is 6. The quantitative estimate of drug-likeness (QED) is 0.737. The van der Waals surface area contributed by atoms with Crippen molar-refractivity contribution >= 4 is 11.4 Å². The smallest absolute Gasteiger partial charge is 0.301 e. The summed E-state index contributed by atoms with van der Waals surface area (Å²) < 4.78 is 25.7. The summed E-state index contributed by atoms with van der Waals surface area (Å²) in [5.41, 5.74) is 0.682. The predicted molar refractivity (Wildman–Crippen MR) is 67.6 cm³/mol. The first-order valence-electron chi connectivity index (χ1n) is 5.84. The summed E-state index contributed by atoms with van der Waals surface area (Å²) in [4.78, 5) is 6.16. The molecule has 2 unspecified atom stereocenters. The van der Waals surface area contributed by atoms with Crippen molar-refractivity contribution in [1.82, 2.24) is 13.9 Å². The molecule has 0 aliphatic rings. The monoisotopic (exact) mass is 261 g/mol. The van der Waals surface area contributed by atoms with Crippen molar-refractivity contribution in [3.8, 4) is 0 Å². The Morgan fingerprint density at radius 2 is 2.18 bits per heavy atom. The zero-order valence-corrected chi connectivity index (χ0v) is 11.6. The molecule has 0 aliphatic heterocycles. The molecule has 17 heavy (non-hydrogen) atoms. The molecular weight excluding hydrogens is 241 g/mol. The van der Waals surface area contributed by atoms with Crippen LogP contribution in [0, 0.1) is 0 Å². The van der Waals surface area contributed by atoms with Crippen LogP contribution >= 0.6 is 0 Å². The van der Waals surface area contributed by atoms with E-state index in [-0.39, 0.29) is 6.04 Å². The van der Waals surface area contributed by atoms with Crippen LogP contribution in [0.1, 0.15) is 44.2 Å². The molecule has 4 nitrogen and oxygen atoms in total. The highest BCUT2D eigenvalue weighted by atomic mass is 32.2. The van der Waals surface area contributed by atoms with Crippen LogP contribution in [-0.4, -0.2) is 32.2 Å². The Morgan fingerprint density at radius 3 is 2.59 bits per heavy atom. The molecule has 0 N–H and O–H groups in total. The van der Waals surface area contributed by atoms with Crippen molar-refractivity contribution in [2.24, 2.45) is 0 Å². The van der Waals surface area contributed by atoms with Gasteiger partial charge in [-0.15, -0.1) is 3.89 Å². The van der Waals surface area contributed by atoms with Crippen molar-refractivity contribution < 1.29 is 8.09 Å². The van der Waals surface area contributed by atoms with Crippen molar-refractivity contribution in [3.05, 3.63) is 17.7 Å². The second kappa shape index (κ2) is 6.26. The molecule has 0 radical (unpaired) electrons. The second-order valence-electron chi connectivity index (χ2n) is 4.24. The molecule has 0 fully saturated rings. The van der Waals surface area contributed by atoms with Gasteiger partial charge < -0.3 is 4.90 Å². The van der Waals surface area contributed by atoms with Gasteiger partial charge in [0.2, 0.25) is 0 Å². The van der Waals surface area contributed by atoms with Crippen LogP contribution in [0.25, 0.3) is 0 Å². The van der Waals surface area contributed by atoms with Gasteiger partial charge in [0, 0.05) is 6.42 Å². The molecule has 1 heterocycles. The molecule has 6 heteroatoms. The standard InChI is InChI=1S/C11H20FN3OS/c1-5-7-11-13-8-10(15(11)17(12)16)9(6-2)14(3)4/h8-9H,5-7H2,1-4H3. The van der Waals surface area contributed by atoms with Gasteiger partial charge in [0.15, 0.2) is 0 Å². The van der Waals surface area contributed by atoms with E-state index in [1.54, 1.807) is 6.20 Å². The number of aryl methyl sites for hydroxylation is 1. The highest BCUT2D eigenvalue weighted by Crippen LogP contribution is 2.24. The topological polar surface area (TPSA) is 38.1 Å². The number of halogens is 1. The van der Waals surface area contributed by atoms with Crippen molar-refractivity contribution in [1.29, 1.82) is 0 Å². The van der Waals surface area contributed by atoms with Crippen molar-refractivity contribution in [3.63, 3.8) is 0 Å². The van der Waals surface area contributed by atoms with Gasteiger partial charge in [-0.25, -0.2) is 8.96 Å². The van der Waals surface area contributed by atoms with Gasteiger partial charge >= 0.3 is 11.4 Å². The fraction of sp³-hybridized carbons (Fsp3) is 0.727. The molecular formula is C11H20FN3OS. The maximum atomic E-state index is 13.2. The zero-order valence-electron chi connectivity index (χ0n) is 10.8. The van der Waals surface area contributed by atoms with Crippen molar-refractivity contribution in [2.45, 2.75) is 39.2 Å². The summed E-state index contributed by atoms with van der Waals surface area (Å²) in [5, 5.41) is 0. The fourth-order valence-electron chi connectivity index (χ4n) is 2.01. The Morgan fingerprint density at radius 1 is 1.53 bits per heavy atom. The van der Waals surface area contributed by atoms with Gasteiger partial charge in [-0.05, 0) is 26.9 Å². The molecule has 0 spiro atoms. The second-order valence-corrected chi connectivity index (χ2v) is 5.02. The van der Waals surface area contributed by atoms with E-state index >= 15 is 0 Å². The van der Waals surface area contributed by atoms with Gasteiger partial charge in [-0.1, -0.05) is 13.8 Å². The van der Waals surface area contributed by atoms with Crippen LogP contribution < -0.4 is 0 Å². The third kappa shape index (κ3) is 3.13. The average Bonchev–Trinajstić information content (AvgIpc) is 2.63. The number of hydrogen-bond acceptors (Lipinski definition) is 3. The highest BCUT2D eigenvalue weighted by molar-refractivity contribution is 7.78. The Kier molecular flexibility index (Phi) is 5.27. The largest absolute Gasteiger partial charge is 0.309 e. The first-order chi connectivity index (χ1) is 8.02. The number of imidazole rings is 1. The first kappa shape index (κ1) is 14.3. The molecule has 0 bridgehead atoms. The van der Waals surface area contributed by atoms with Crippen LogP contribution in [0.3, 0.4) is 0 Å². The SMILES string of the molecule is CCCc1ncc(C(CC)N(C)C)n1S(=O)F. The van der Waals surface area contributed by atoms with Crippen LogP contribution in [-0.2, 0) is 17.8 Å². The third-order valence-corrected chi connectivity index (χ3v) is 3.49. The fourth-order valence-corrected chi connectivity index (χ4v) is 2.65. The molecule has 0 aromatic carbocycles. The Hall–Kier alpha value is -0.750. The number of hydrogen-bond donors (Lipinski definition) is 0. The van der Waals surface area contributed by atoms with E-state index < -0.39 is 11.4 Å². The number of nitrogens with zero attached hydrogens (tertiary/aromatic N) is 3. The lowest BCUT2D eigenvalue weighted by atomic mass is 10.1. The van der Waals surface area contributed by atoms with Gasteiger partial charge in [0.25, 0.3) is 0 Å². The average molecular weight is 261 g/mol. The van der Waals surface area contributed by atoms with E-state index in [0.29, 0.717) is 17.9 Å². The van der Waals surface area contributed by atoms with Crippen LogP contribution in [0.15, 0.2) is 6.20 Å². The zero-order chi connectivity index (χ0) is 13.0. The van der Waals surface area contributed by atoms with Crippen LogP contribution in [0.5, 0.6) is 0 Å². The Labute approximate surface area is 105 Å². The summed E-state index contributed by atoms with van der Waals surface area (Å²) in [5.74, 6) is 0.559. The van der Waals surface area contributed by atoms with Gasteiger partial charge in [0.05, 0.1) is 17.9 Å².